The van der Waals surface area contributed by atoms with Gasteiger partial charge in [0, 0.05) is 39.6 Å². The van der Waals surface area contributed by atoms with E-state index >= 15 is 0 Å². The molecule has 3 heterocycles. The van der Waals surface area contributed by atoms with Crippen LogP contribution in [0.1, 0.15) is 5.56 Å². The van der Waals surface area contributed by atoms with Crippen molar-refractivity contribution in [3.8, 4) is 34.0 Å². The molecule has 3 aromatic heterocycles. The third-order valence-corrected chi connectivity index (χ3v) is 9.70. The second-order valence-corrected chi connectivity index (χ2v) is 12.3. The standard InChI is InChI=1S/C44H25N3O/c45-26-27-13-16-39-36(23-27)37-24-29(14-17-40(37)47(39)30-15-18-42-38(25-30)31-7-5-6-12-41(31)48-42)44-34-10-3-1-8-32(34)43(28-19-21-46-22-20-28)33-9-2-4-11-35(33)44/h1-25H. The summed E-state index contributed by atoms with van der Waals surface area (Å²) in [5.41, 5.74) is 10.3. The van der Waals surface area contributed by atoms with E-state index in [1.807, 2.05) is 42.7 Å². The van der Waals surface area contributed by atoms with Crippen LogP contribution in [0.4, 0.5) is 0 Å². The number of hydrogen-bond acceptors (Lipinski definition) is 3. The summed E-state index contributed by atoms with van der Waals surface area (Å²) in [6.45, 7) is 0. The molecule has 4 nitrogen and oxygen atoms in total. The minimum atomic E-state index is 0.640. The smallest absolute Gasteiger partial charge is 0.135 e. The van der Waals surface area contributed by atoms with Crippen molar-refractivity contribution in [1.82, 2.24) is 9.55 Å². The molecule has 7 aromatic carbocycles. The number of furan rings is 1. The van der Waals surface area contributed by atoms with E-state index in [1.54, 1.807) is 0 Å². The number of para-hydroxylation sites is 1. The van der Waals surface area contributed by atoms with Crippen molar-refractivity contribution in [2.24, 2.45) is 0 Å². The lowest BCUT2D eigenvalue weighted by Gasteiger charge is -2.17. The van der Waals surface area contributed by atoms with Crippen LogP contribution < -0.4 is 0 Å². The molecule has 0 saturated heterocycles. The summed E-state index contributed by atoms with van der Waals surface area (Å²) < 4.78 is 8.46. The Morgan fingerprint density at radius 2 is 1.06 bits per heavy atom. The van der Waals surface area contributed by atoms with Gasteiger partial charge in [0.25, 0.3) is 0 Å². The molecule has 0 atom stereocenters. The second kappa shape index (κ2) is 10.2. The van der Waals surface area contributed by atoms with Gasteiger partial charge in [-0.05, 0) is 111 Å². The molecule has 48 heavy (non-hydrogen) atoms. The van der Waals surface area contributed by atoms with E-state index in [1.165, 1.54) is 32.7 Å². The third-order valence-electron chi connectivity index (χ3n) is 9.70. The maximum atomic E-state index is 9.91. The highest BCUT2D eigenvalue weighted by Crippen LogP contribution is 2.45. The van der Waals surface area contributed by atoms with E-state index < -0.39 is 0 Å². The van der Waals surface area contributed by atoms with Crippen molar-refractivity contribution in [3.05, 3.63) is 157 Å². The molecule has 0 amide bonds. The van der Waals surface area contributed by atoms with Crippen molar-refractivity contribution in [2.45, 2.75) is 0 Å². The first-order chi connectivity index (χ1) is 23.8. The molecule has 0 aliphatic carbocycles. The van der Waals surface area contributed by atoms with Crippen LogP contribution in [0.5, 0.6) is 0 Å². The van der Waals surface area contributed by atoms with Crippen LogP contribution in [-0.4, -0.2) is 9.55 Å². The van der Waals surface area contributed by atoms with Crippen molar-refractivity contribution in [3.63, 3.8) is 0 Å². The zero-order chi connectivity index (χ0) is 31.8. The molecule has 10 rings (SSSR count). The quantitative estimate of drug-likeness (QED) is 0.187. The maximum absolute atomic E-state index is 9.91. The summed E-state index contributed by atoms with van der Waals surface area (Å²) in [5.74, 6) is 0. The molecule has 0 aliphatic heterocycles. The minimum absolute atomic E-state index is 0.640. The number of hydrogen-bond donors (Lipinski definition) is 0. The van der Waals surface area contributed by atoms with Gasteiger partial charge >= 0.3 is 0 Å². The van der Waals surface area contributed by atoms with Gasteiger partial charge in [-0.15, -0.1) is 0 Å². The normalized spacial score (nSPS) is 11.7. The predicted octanol–water partition coefficient (Wildman–Crippen LogP) is 11.6. The van der Waals surface area contributed by atoms with E-state index in [2.05, 4.69) is 125 Å². The second-order valence-electron chi connectivity index (χ2n) is 12.3. The van der Waals surface area contributed by atoms with Gasteiger partial charge in [-0.25, -0.2) is 0 Å². The van der Waals surface area contributed by atoms with E-state index in [0.29, 0.717) is 5.56 Å². The topological polar surface area (TPSA) is 54.8 Å². The van der Waals surface area contributed by atoms with Crippen LogP contribution in [0, 0.1) is 11.3 Å². The minimum Gasteiger partial charge on any atom is -0.456 e. The summed E-state index contributed by atoms with van der Waals surface area (Å²) in [4.78, 5) is 4.28. The van der Waals surface area contributed by atoms with Crippen LogP contribution in [0.2, 0.25) is 0 Å². The van der Waals surface area contributed by atoms with E-state index in [0.717, 1.165) is 60.6 Å². The highest BCUT2D eigenvalue weighted by atomic mass is 16.3. The van der Waals surface area contributed by atoms with Gasteiger partial charge in [0.2, 0.25) is 0 Å². The summed E-state index contributed by atoms with van der Waals surface area (Å²) in [6, 6.07) is 51.3. The van der Waals surface area contributed by atoms with Crippen LogP contribution in [0.25, 0.3) is 93.2 Å². The number of benzene rings is 7. The fourth-order valence-electron chi connectivity index (χ4n) is 7.65. The van der Waals surface area contributed by atoms with Crippen molar-refractivity contribution in [1.29, 1.82) is 5.26 Å². The molecule has 0 spiro atoms. The highest BCUT2D eigenvalue weighted by molar-refractivity contribution is 6.22. The summed E-state index contributed by atoms with van der Waals surface area (Å²) >= 11 is 0. The predicted molar refractivity (Wildman–Crippen MR) is 196 cm³/mol. The molecule has 0 bridgehead atoms. The summed E-state index contributed by atoms with van der Waals surface area (Å²) in [5, 5.41) is 19.0. The number of aromatic nitrogens is 2. The molecule has 10 aromatic rings. The Kier molecular flexibility index (Phi) is 5.61. The van der Waals surface area contributed by atoms with Crippen molar-refractivity contribution in [2.75, 3.05) is 0 Å². The molecule has 0 fully saturated rings. The van der Waals surface area contributed by atoms with Gasteiger partial charge in [-0.2, -0.15) is 5.26 Å². The van der Waals surface area contributed by atoms with Crippen molar-refractivity contribution < 1.29 is 4.42 Å². The lowest BCUT2D eigenvalue weighted by molar-refractivity contribution is 0.669. The number of pyridine rings is 1. The summed E-state index contributed by atoms with van der Waals surface area (Å²) in [6.07, 6.45) is 3.72. The van der Waals surface area contributed by atoms with Gasteiger partial charge in [-0.1, -0.05) is 72.8 Å². The Bertz CT molecular complexity index is 2900. The fraction of sp³-hybridized carbons (Fsp3) is 0. The Labute approximate surface area is 275 Å². The Hall–Kier alpha value is -6.70. The van der Waals surface area contributed by atoms with Gasteiger partial charge < -0.3 is 8.98 Å². The first-order valence-corrected chi connectivity index (χ1v) is 16.0. The molecular formula is C44H25N3O. The zero-order valence-corrected chi connectivity index (χ0v) is 25.7. The van der Waals surface area contributed by atoms with Crippen molar-refractivity contribution >= 4 is 65.3 Å². The number of fused-ring (bicyclic) bond motifs is 8. The zero-order valence-electron chi connectivity index (χ0n) is 25.7. The Morgan fingerprint density at radius 1 is 0.479 bits per heavy atom. The SMILES string of the molecule is N#Cc1ccc2c(c1)c1cc(-c3c4ccccc4c(-c4ccncc4)c4ccccc34)ccc1n2-c1ccc2oc3ccccc3c2c1. The summed E-state index contributed by atoms with van der Waals surface area (Å²) in [7, 11) is 0. The lowest BCUT2D eigenvalue weighted by Crippen LogP contribution is -1.94. The Morgan fingerprint density at radius 3 is 1.75 bits per heavy atom. The van der Waals surface area contributed by atoms with Gasteiger partial charge in [0.15, 0.2) is 0 Å². The van der Waals surface area contributed by atoms with Crippen LogP contribution in [0.3, 0.4) is 0 Å². The molecule has 0 aliphatic rings. The van der Waals surface area contributed by atoms with E-state index in [4.69, 9.17) is 4.42 Å². The van der Waals surface area contributed by atoms with Crippen LogP contribution in [-0.2, 0) is 0 Å². The van der Waals surface area contributed by atoms with Crippen LogP contribution >= 0.6 is 0 Å². The fourth-order valence-corrected chi connectivity index (χ4v) is 7.65. The third kappa shape index (κ3) is 3.79. The molecule has 0 saturated carbocycles. The lowest BCUT2D eigenvalue weighted by atomic mass is 9.86. The molecule has 4 heteroatoms. The van der Waals surface area contributed by atoms with Gasteiger partial charge in [0.05, 0.1) is 22.7 Å². The number of nitrogens with zero attached hydrogens (tertiary/aromatic N) is 3. The molecule has 0 radical (unpaired) electrons. The first-order valence-electron chi connectivity index (χ1n) is 16.0. The Balaban J connectivity index is 1.28. The average Bonchev–Trinajstić information content (AvgIpc) is 3.68. The molecule has 222 valence electrons. The monoisotopic (exact) mass is 611 g/mol. The molecule has 0 N–H and O–H groups in total. The van der Waals surface area contributed by atoms with Crippen LogP contribution in [0.15, 0.2) is 156 Å². The van der Waals surface area contributed by atoms with Gasteiger partial charge in [-0.3, -0.25) is 4.98 Å². The largest absolute Gasteiger partial charge is 0.456 e. The number of nitriles is 1. The van der Waals surface area contributed by atoms with E-state index in [-0.39, 0.29) is 0 Å². The van der Waals surface area contributed by atoms with E-state index in [9.17, 15) is 5.26 Å². The first kappa shape index (κ1) is 26.5. The molecular weight excluding hydrogens is 587 g/mol. The maximum Gasteiger partial charge on any atom is 0.135 e. The van der Waals surface area contributed by atoms with Gasteiger partial charge in [0.1, 0.15) is 11.2 Å². The number of rotatable bonds is 3. The highest BCUT2D eigenvalue weighted by Gasteiger charge is 2.19. The molecule has 0 unspecified atom stereocenters. The average molecular weight is 612 g/mol.